The van der Waals surface area contributed by atoms with Gasteiger partial charge >= 0.3 is 6.03 Å². The van der Waals surface area contributed by atoms with E-state index in [1.165, 1.54) is 11.8 Å². The van der Waals surface area contributed by atoms with E-state index >= 15 is 0 Å². The SMILES string of the molecule is C[C@@H](Sc1ccc2c(c1)OCCCO2)C(=O)NC(=O)NC1CCCC1. The Hall–Kier alpha value is -1.89. The molecule has 1 aliphatic heterocycles. The lowest BCUT2D eigenvalue weighted by molar-refractivity contribution is -0.119. The fraction of sp³-hybridized carbons (Fsp3) is 0.556. The summed E-state index contributed by atoms with van der Waals surface area (Å²) in [5, 5.41) is 4.90. The third kappa shape index (κ3) is 5.04. The minimum atomic E-state index is -0.400. The van der Waals surface area contributed by atoms with Crippen LogP contribution in [0.15, 0.2) is 23.1 Å². The summed E-state index contributed by atoms with van der Waals surface area (Å²) in [5.41, 5.74) is 0. The number of benzene rings is 1. The summed E-state index contributed by atoms with van der Waals surface area (Å²) in [6, 6.07) is 5.44. The molecule has 1 heterocycles. The highest BCUT2D eigenvalue weighted by molar-refractivity contribution is 8.00. The first kappa shape index (κ1) is 17.9. The second kappa shape index (κ2) is 8.47. The summed E-state index contributed by atoms with van der Waals surface area (Å²) in [5.74, 6) is 1.14. The first-order valence-electron chi connectivity index (χ1n) is 8.79. The maximum absolute atomic E-state index is 12.2. The van der Waals surface area contributed by atoms with Crippen LogP contribution in [0.1, 0.15) is 39.0 Å². The number of nitrogens with one attached hydrogen (secondary N) is 2. The standard InChI is InChI=1S/C18H24N2O4S/c1-12(17(21)20-18(22)19-13-5-2-3-6-13)25-14-7-8-15-16(11-14)24-10-4-9-23-15/h7-8,11-13H,2-6,9-10H2,1H3,(H2,19,20,21,22)/t12-/m1/s1. The van der Waals surface area contributed by atoms with Gasteiger partial charge in [-0.2, -0.15) is 0 Å². The second-order valence-electron chi connectivity index (χ2n) is 6.36. The number of thioether (sulfide) groups is 1. The Morgan fingerprint density at radius 3 is 2.60 bits per heavy atom. The highest BCUT2D eigenvalue weighted by atomic mass is 32.2. The molecular formula is C18H24N2O4S. The van der Waals surface area contributed by atoms with E-state index in [1.807, 2.05) is 18.2 Å². The van der Waals surface area contributed by atoms with E-state index < -0.39 is 6.03 Å². The average Bonchev–Trinajstić information content (AvgIpc) is 2.97. The van der Waals surface area contributed by atoms with Crippen LogP contribution < -0.4 is 20.1 Å². The third-order valence-corrected chi connectivity index (χ3v) is 5.42. The zero-order valence-corrected chi connectivity index (χ0v) is 15.2. The number of hydrogen-bond donors (Lipinski definition) is 2. The van der Waals surface area contributed by atoms with Gasteiger partial charge in [-0.05, 0) is 38.0 Å². The predicted molar refractivity (Wildman–Crippen MR) is 96.3 cm³/mol. The molecule has 1 aromatic rings. The first-order chi connectivity index (χ1) is 12.1. The van der Waals surface area contributed by atoms with Gasteiger partial charge in [0.15, 0.2) is 11.5 Å². The molecule has 0 bridgehead atoms. The summed E-state index contributed by atoms with van der Waals surface area (Å²) in [6.45, 7) is 3.05. The zero-order chi connectivity index (χ0) is 17.6. The van der Waals surface area contributed by atoms with E-state index in [0.29, 0.717) is 19.0 Å². The first-order valence-corrected chi connectivity index (χ1v) is 9.67. The van der Waals surface area contributed by atoms with Crippen molar-refractivity contribution in [2.45, 2.75) is 55.2 Å². The number of fused-ring (bicyclic) bond motifs is 1. The minimum absolute atomic E-state index is 0.192. The summed E-state index contributed by atoms with van der Waals surface area (Å²) in [7, 11) is 0. The van der Waals surface area contributed by atoms with Crippen LogP contribution in [0.25, 0.3) is 0 Å². The van der Waals surface area contributed by atoms with Gasteiger partial charge in [-0.15, -0.1) is 11.8 Å². The van der Waals surface area contributed by atoms with Crippen LogP contribution in [0.5, 0.6) is 11.5 Å². The highest BCUT2D eigenvalue weighted by Crippen LogP contribution is 2.35. The molecule has 2 N–H and O–H groups in total. The molecular weight excluding hydrogens is 340 g/mol. The molecule has 0 unspecified atom stereocenters. The van der Waals surface area contributed by atoms with Crippen LogP contribution in [0.3, 0.4) is 0 Å². The van der Waals surface area contributed by atoms with E-state index in [1.54, 1.807) is 6.92 Å². The molecule has 3 rings (SSSR count). The number of urea groups is 1. The molecule has 0 radical (unpaired) electrons. The Bertz CT molecular complexity index is 632. The maximum Gasteiger partial charge on any atom is 0.321 e. The Morgan fingerprint density at radius 2 is 1.84 bits per heavy atom. The number of carbonyl (C=O) groups excluding carboxylic acids is 2. The monoisotopic (exact) mass is 364 g/mol. The molecule has 25 heavy (non-hydrogen) atoms. The van der Waals surface area contributed by atoms with E-state index in [2.05, 4.69) is 10.6 Å². The summed E-state index contributed by atoms with van der Waals surface area (Å²) in [6.07, 6.45) is 5.10. The van der Waals surface area contributed by atoms with Gasteiger partial charge in [0, 0.05) is 17.4 Å². The van der Waals surface area contributed by atoms with Crippen molar-refractivity contribution in [3.05, 3.63) is 18.2 Å². The van der Waals surface area contributed by atoms with Crippen LogP contribution in [-0.2, 0) is 4.79 Å². The van der Waals surface area contributed by atoms with Gasteiger partial charge in [-0.3, -0.25) is 10.1 Å². The Balaban J connectivity index is 1.52. The molecule has 6 nitrogen and oxygen atoms in total. The fourth-order valence-corrected chi connectivity index (χ4v) is 3.88. The number of rotatable bonds is 4. The molecule has 0 spiro atoms. The molecule has 2 aliphatic rings. The number of imide groups is 1. The largest absolute Gasteiger partial charge is 0.490 e. The van der Waals surface area contributed by atoms with Gasteiger partial charge < -0.3 is 14.8 Å². The molecule has 3 amide bonds. The number of hydrogen-bond acceptors (Lipinski definition) is 5. The van der Waals surface area contributed by atoms with Crippen LogP contribution >= 0.6 is 11.8 Å². The van der Waals surface area contributed by atoms with Gasteiger partial charge in [0.05, 0.1) is 18.5 Å². The topological polar surface area (TPSA) is 76.7 Å². The molecule has 1 atom stereocenters. The molecule has 0 aromatic heterocycles. The summed E-state index contributed by atoms with van der Waals surface area (Å²) < 4.78 is 11.3. The normalized spacial score (nSPS) is 18.3. The minimum Gasteiger partial charge on any atom is -0.490 e. The second-order valence-corrected chi connectivity index (χ2v) is 7.78. The lowest BCUT2D eigenvalue weighted by atomic mass is 10.2. The van der Waals surface area contributed by atoms with Gasteiger partial charge in [-0.1, -0.05) is 12.8 Å². The van der Waals surface area contributed by atoms with Crippen molar-refractivity contribution in [3.8, 4) is 11.5 Å². The molecule has 136 valence electrons. The molecule has 1 saturated carbocycles. The van der Waals surface area contributed by atoms with Gasteiger partial charge in [0.1, 0.15) is 0 Å². The van der Waals surface area contributed by atoms with E-state index in [-0.39, 0.29) is 17.2 Å². The van der Waals surface area contributed by atoms with Crippen molar-refractivity contribution in [1.82, 2.24) is 10.6 Å². The van der Waals surface area contributed by atoms with Crippen molar-refractivity contribution in [3.63, 3.8) is 0 Å². The number of amides is 3. The maximum atomic E-state index is 12.2. The molecule has 1 fully saturated rings. The Labute approximate surface area is 152 Å². The Morgan fingerprint density at radius 1 is 1.12 bits per heavy atom. The lowest BCUT2D eigenvalue weighted by Crippen LogP contribution is -2.45. The van der Waals surface area contributed by atoms with Gasteiger partial charge in [0.25, 0.3) is 0 Å². The van der Waals surface area contributed by atoms with Crippen LogP contribution in [0, 0.1) is 0 Å². The van der Waals surface area contributed by atoms with Crippen molar-refractivity contribution in [2.75, 3.05) is 13.2 Å². The van der Waals surface area contributed by atoms with E-state index in [0.717, 1.165) is 42.7 Å². The zero-order valence-electron chi connectivity index (χ0n) is 14.4. The fourth-order valence-electron chi connectivity index (χ4n) is 2.98. The van der Waals surface area contributed by atoms with Crippen LogP contribution in [-0.4, -0.2) is 36.4 Å². The van der Waals surface area contributed by atoms with Crippen molar-refractivity contribution < 1.29 is 19.1 Å². The van der Waals surface area contributed by atoms with Crippen molar-refractivity contribution in [1.29, 1.82) is 0 Å². The molecule has 0 saturated heterocycles. The molecule has 1 aliphatic carbocycles. The number of carbonyl (C=O) groups is 2. The van der Waals surface area contributed by atoms with Crippen molar-refractivity contribution >= 4 is 23.7 Å². The smallest absolute Gasteiger partial charge is 0.321 e. The van der Waals surface area contributed by atoms with Gasteiger partial charge in [0.2, 0.25) is 5.91 Å². The average molecular weight is 364 g/mol. The highest BCUT2D eigenvalue weighted by Gasteiger charge is 2.21. The van der Waals surface area contributed by atoms with E-state index in [4.69, 9.17) is 9.47 Å². The molecule has 7 heteroatoms. The predicted octanol–water partition coefficient (Wildman–Crippen LogP) is 3.10. The van der Waals surface area contributed by atoms with Crippen LogP contribution in [0.2, 0.25) is 0 Å². The quantitative estimate of drug-likeness (QED) is 0.803. The summed E-state index contributed by atoms with van der Waals surface area (Å²) in [4.78, 5) is 25.0. The molecule has 1 aromatic carbocycles. The van der Waals surface area contributed by atoms with E-state index in [9.17, 15) is 9.59 Å². The van der Waals surface area contributed by atoms with Crippen molar-refractivity contribution in [2.24, 2.45) is 0 Å². The Kier molecular flexibility index (Phi) is 6.07. The van der Waals surface area contributed by atoms with Crippen LogP contribution in [0.4, 0.5) is 4.79 Å². The summed E-state index contributed by atoms with van der Waals surface area (Å²) >= 11 is 1.39. The lowest BCUT2D eigenvalue weighted by Gasteiger charge is -2.15. The van der Waals surface area contributed by atoms with Gasteiger partial charge in [-0.25, -0.2) is 4.79 Å². The third-order valence-electron chi connectivity index (χ3n) is 4.33. The number of ether oxygens (including phenoxy) is 2.